The van der Waals surface area contributed by atoms with Gasteiger partial charge in [0, 0.05) is 11.2 Å². The average molecular weight is 249 g/mol. The van der Waals surface area contributed by atoms with E-state index in [4.69, 9.17) is 4.74 Å². The maximum absolute atomic E-state index is 10.9. The van der Waals surface area contributed by atoms with Crippen molar-refractivity contribution in [3.05, 3.63) is 0 Å². The van der Waals surface area contributed by atoms with Crippen molar-refractivity contribution in [3.63, 3.8) is 0 Å². The summed E-state index contributed by atoms with van der Waals surface area (Å²) in [5, 5.41) is 0. The van der Waals surface area contributed by atoms with E-state index in [2.05, 4.69) is 22.9 Å². The second kappa shape index (κ2) is 5.11. The molecule has 0 N–H and O–H groups in total. The largest absolute Gasteiger partial charge is 0.373 e. The molecular weight excluding hydrogens is 232 g/mol. The van der Waals surface area contributed by atoms with Gasteiger partial charge in [0.1, 0.15) is 5.78 Å². The molecule has 2 nitrogen and oxygen atoms in total. The molecule has 0 spiro atoms. The second-order valence-electron chi connectivity index (χ2n) is 3.70. The summed E-state index contributed by atoms with van der Waals surface area (Å²) in [6, 6.07) is 0. The van der Waals surface area contributed by atoms with Gasteiger partial charge in [-0.05, 0) is 26.2 Å². The molecule has 1 heterocycles. The number of hydrogen-bond acceptors (Lipinski definition) is 2. The number of alkyl halides is 1. The molecule has 0 amide bonds. The molecule has 0 aromatic carbocycles. The van der Waals surface area contributed by atoms with Crippen molar-refractivity contribution in [1.29, 1.82) is 0 Å². The summed E-state index contributed by atoms with van der Waals surface area (Å²) in [5.74, 6) is 0.230. The second-order valence-corrected chi connectivity index (χ2v) is 4.88. The van der Waals surface area contributed by atoms with Gasteiger partial charge in [-0.25, -0.2) is 0 Å². The van der Waals surface area contributed by atoms with Gasteiger partial charge >= 0.3 is 0 Å². The van der Waals surface area contributed by atoms with Crippen molar-refractivity contribution < 1.29 is 9.53 Å². The molecular formula is C10H17BrO2. The third kappa shape index (κ3) is 3.39. The Bertz CT molecular complexity index is 182. The van der Waals surface area contributed by atoms with E-state index in [1.54, 1.807) is 6.92 Å². The van der Waals surface area contributed by atoms with Gasteiger partial charge in [-0.3, -0.25) is 4.79 Å². The topological polar surface area (TPSA) is 26.3 Å². The van der Waals surface area contributed by atoms with Crippen LogP contribution in [0.25, 0.3) is 0 Å². The minimum atomic E-state index is 0.175. The van der Waals surface area contributed by atoms with E-state index < -0.39 is 0 Å². The first-order valence-electron chi connectivity index (χ1n) is 4.92. The summed E-state index contributed by atoms with van der Waals surface area (Å²) in [5.41, 5.74) is 0. The molecule has 0 aromatic rings. The Morgan fingerprint density at radius 1 is 1.62 bits per heavy atom. The molecule has 76 valence electrons. The third-order valence-electron chi connectivity index (χ3n) is 2.45. The first kappa shape index (κ1) is 11.2. The zero-order valence-electron chi connectivity index (χ0n) is 8.25. The Labute approximate surface area is 88.2 Å². The maximum Gasteiger partial charge on any atom is 0.132 e. The first-order valence-corrected chi connectivity index (χ1v) is 5.84. The van der Waals surface area contributed by atoms with Crippen molar-refractivity contribution in [2.24, 2.45) is 0 Å². The molecule has 0 saturated carbocycles. The predicted molar refractivity (Wildman–Crippen MR) is 56.2 cm³/mol. The van der Waals surface area contributed by atoms with Crippen molar-refractivity contribution in [1.82, 2.24) is 0 Å². The Balaban J connectivity index is 2.31. The van der Waals surface area contributed by atoms with Crippen LogP contribution in [0.5, 0.6) is 0 Å². The quantitative estimate of drug-likeness (QED) is 0.716. The van der Waals surface area contributed by atoms with E-state index in [-0.39, 0.29) is 11.9 Å². The van der Waals surface area contributed by atoms with Gasteiger partial charge in [-0.1, -0.05) is 22.9 Å². The van der Waals surface area contributed by atoms with E-state index in [9.17, 15) is 4.79 Å². The summed E-state index contributed by atoms with van der Waals surface area (Å²) >= 11 is 3.59. The van der Waals surface area contributed by atoms with E-state index in [0.717, 1.165) is 19.3 Å². The Hall–Kier alpha value is 0.110. The summed E-state index contributed by atoms with van der Waals surface area (Å²) in [6.07, 6.45) is 4.27. The average Bonchev–Trinajstić information content (AvgIpc) is 2.50. The monoisotopic (exact) mass is 248 g/mol. The van der Waals surface area contributed by atoms with Gasteiger partial charge in [0.15, 0.2) is 0 Å². The van der Waals surface area contributed by atoms with Gasteiger partial charge in [0.25, 0.3) is 0 Å². The first-order chi connectivity index (χ1) is 6.13. The van der Waals surface area contributed by atoms with Crippen LogP contribution in [0.3, 0.4) is 0 Å². The van der Waals surface area contributed by atoms with Crippen LogP contribution in [0.2, 0.25) is 0 Å². The van der Waals surface area contributed by atoms with Gasteiger partial charge in [0.05, 0.1) is 12.2 Å². The lowest BCUT2D eigenvalue weighted by atomic mass is 10.1. The Morgan fingerprint density at radius 3 is 2.85 bits per heavy atom. The zero-order valence-corrected chi connectivity index (χ0v) is 9.84. The van der Waals surface area contributed by atoms with E-state index in [0.29, 0.717) is 17.4 Å². The summed E-state index contributed by atoms with van der Waals surface area (Å²) in [7, 11) is 0. The van der Waals surface area contributed by atoms with E-state index in [1.165, 1.54) is 0 Å². The smallest absolute Gasteiger partial charge is 0.132 e. The number of rotatable bonds is 4. The van der Waals surface area contributed by atoms with Gasteiger partial charge in [-0.15, -0.1) is 0 Å². The number of hydrogen-bond donors (Lipinski definition) is 0. The van der Waals surface area contributed by atoms with Crippen LogP contribution in [0.4, 0.5) is 0 Å². The maximum atomic E-state index is 10.9. The molecule has 3 atom stereocenters. The van der Waals surface area contributed by atoms with Crippen LogP contribution in [0.15, 0.2) is 0 Å². The molecule has 0 bridgehead atoms. The van der Waals surface area contributed by atoms with E-state index in [1.807, 2.05) is 0 Å². The highest BCUT2D eigenvalue weighted by Crippen LogP contribution is 2.28. The molecule has 0 radical (unpaired) electrons. The minimum Gasteiger partial charge on any atom is -0.373 e. The normalized spacial score (nSPS) is 30.4. The molecule has 0 unspecified atom stereocenters. The molecule has 1 aliphatic rings. The summed E-state index contributed by atoms with van der Waals surface area (Å²) in [6.45, 7) is 3.77. The van der Waals surface area contributed by atoms with Crippen LogP contribution < -0.4 is 0 Å². The highest BCUT2D eigenvalue weighted by molar-refractivity contribution is 9.09. The molecule has 0 aromatic heterocycles. The van der Waals surface area contributed by atoms with E-state index >= 15 is 0 Å². The zero-order chi connectivity index (χ0) is 9.84. The minimum absolute atomic E-state index is 0.175. The fourth-order valence-corrected chi connectivity index (χ4v) is 2.12. The summed E-state index contributed by atoms with van der Waals surface area (Å²) < 4.78 is 5.76. The SMILES string of the molecule is CC[C@H](Br)[C@H]1CC[C@H](CC(C)=O)O1. The van der Waals surface area contributed by atoms with Crippen LogP contribution in [-0.2, 0) is 9.53 Å². The lowest BCUT2D eigenvalue weighted by molar-refractivity contribution is -0.119. The molecule has 1 aliphatic heterocycles. The number of ether oxygens (including phenoxy) is 1. The number of ketones is 1. The van der Waals surface area contributed by atoms with Crippen molar-refractivity contribution in [2.45, 2.75) is 56.6 Å². The number of carbonyl (C=O) groups excluding carboxylic acids is 1. The van der Waals surface area contributed by atoms with Crippen LogP contribution in [0.1, 0.15) is 39.5 Å². The Morgan fingerprint density at radius 2 is 2.31 bits per heavy atom. The lowest BCUT2D eigenvalue weighted by Gasteiger charge is -2.16. The molecule has 1 saturated heterocycles. The number of Topliss-reactive ketones (excluding diaryl/α,β-unsaturated/α-hetero) is 1. The van der Waals surface area contributed by atoms with Crippen molar-refractivity contribution >= 4 is 21.7 Å². The van der Waals surface area contributed by atoms with Crippen molar-refractivity contribution in [3.8, 4) is 0 Å². The third-order valence-corrected chi connectivity index (χ3v) is 3.69. The fourth-order valence-electron chi connectivity index (χ4n) is 1.73. The molecule has 13 heavy (non-hydrogen) atoms. The molecule has 0 aliphatic carbocycles. The number of halogens is 1. The molecule has 3 heteroatoms. The van der Waals surface area contributed by atoms with Crippen molar-refractivity contribution in [2.75, 3.05) is 0 Å². The lowest BCUT2D eigenvalue weighted by Crippen LogP contribution is -2.21. The molecule has 1 fully saturated rings. The predicted octanol–water partition coefficient (Wildman–Crippen LogP) is 2.69. The molecule has 1 rings (SSSR count). The Kier molecular flexibility index (Phi) is 4.39. The van der Waals surface area contributed by atoms with Gasteiger partial charge < -0.3 is 4.74 Å². The van der Waals surface area contributed by atoms with Crippen LogP contribution in [-0.4, -0.2) is 22.8 Å². The van der Waals surface area contributed by atoms with Crippen LogP contribution in [0, 0.1) is 0 Å². The highest BCUT2D eigenvalue weighted by Gasteiger charge is 2.29. The highest BCUT2D eigenvalue weighted by atomic mass is 79.9. The summed E-state index contributed by atoms with van der Waals surface area (Å²) in [4.78, 5) is 11.3. The van der Waals surface area contributed by atoms with Gasteiger partial charge in [0.2, 0.25) is 0 Å². The number of carbonyl (C=O) groups is 1. The fraction of sp³-hybridized carbons (Fsp3) is 0.900. The van der Waals surface area contributed by atoms with Crippen LogP contribution >= 0.6 is 15.9 Å². The van der Waals surface area contributed by atoms with Gasteiger partial charge in [-0.2, -0.15) is 0 Å². The standard InChI is InChI=1S/C10H17BrO2/c1-3-9(11)10-5-4-8(13-10)6-7(2)12/h8-10H,3-6H2,1-2H3/t8-,9+,10-/m1/s1.